The van der Waals surface area contributed by atoms with E-state index in [9.17, 15) is 18.0 Å². The highest BCUT2D eigenvalue weighted by molar-refractivity contribution is 6.31. The van der Waals surface area contributed by atoms with Gasteiger partial charge in [0.2, 0.25) is 5.91 Å². The summed E-state index contributed by atoms with van der Waals surface area (Å²) in [6, 6.07) is 4.65. The number of fused-ring (bicyclic) bond motifs is 3. The summed E-state index contributed by atoms with van der Waals surface area (Å²) in [6.07, 6.45) is 1.05. The lowest BCUT2D eigenvalue weighted by atomic mass is 9.67. The van der Waals surface area contributed by atoms with Crippen molar-refractivity contribution in [1.82, 2.24) is 15.5 Å². The van der Waals surface area contributed by atoms with E-state index in [2.05, 4.69) is 20.4 Å². The molecule has 0 bridgehead atoms. The molecule has 0 radical (unpaired) electrons. The van der Waals surface area contributed by atoms with Crippen molar-refractivity contribution in [1.29, 1.82) is 0 Å². The van der Waals surface area contributed by atoms with Gasteiger partial charge < -0.3 is 15.5 Å². The molecule has 5 unspecified atom stereocenters. The topological polar surface area (TPSA) is 47.6 Å². The van der Waals surface area contributed by atoms with Gasteiger partial charge in [-0.1, -0.05) is 11.6 Å². The average molecular weight is 485 g/mol. The average Bonchev–Trinajstić information content (AvgIpc) is 2.79. The fraction of sp³-hybridized carbons (Fsp3) is 0.708. The number of benzene rings is 1. The lowest BCUT2D eigenvalue weighted by Gasteiger charge is -2.50. The summed E-state index contributed by atoms with van der Waals surface area (Å²) in [5.41, 5.74) is -0.0423. The van der Waals surface area contributed by atoms with E-state index in [-0.39, 0.29) is 22.9 Å². The number of rotatable bonds is 3. The van der Waals surface area contributed by atoms with E-state index < -0.39 is 11.7 Å². The number of piperidine rings is 2. The molecule has 1 aromatic rings. The Morgan fingerprint density at radius 1 is 1.09 bits per heavy atom. The zero-order chi connectivity index (χ0) is 23.2. The number of amides is 1. The molecule has 182 valence electrons. The molecule has 2 N–H and O–H groups in total. The quantitative estimate of drug-likeness (QED) is 0.686. The summed E-state index contributed by atoms with van der Waals surface area (Å²) in [5, 5.41) is 6.72. The number of piperazine rings is 1. The zero-order valence-electron chi connectivity index (χ0n) is 18.7. The Bertz CT molecular complexity index is 874. The van der Waals surface area contributed by atoms with Gasteiger partial charge in [0.25, 0.3) is 0 Å². The maximum absolute atomic E-state index is 13.0. The van der Waals surface area contributed by atoms with Gasteiger partial charge in [-0.15, -0.1) is 0 Å². The predicted molar refractivity (Wildman–Crippen MR) is 122 cm³/mol. The van der Waals surface area contributed by atoms with Crippen molar-refractivity contribution in [3.63, 3.8) is 0 Å². The van der Waals surface area contributed by atoms with Gasteiger partial charge >= 0.3 is 6.18 Å². The van der Waals surface area contributed by atoms with E-state index in [4.69, 9.17) is 11.6 Å². The van der Waals surface area contributed by atoms with E-state index in [1.165, 1.54) is 18.6 Å². The highest BCUT2D eigenvalue weighted by Gasteiger charge is 2.47. The molecule has 1 aromatic carbocycles. The number of anilines is 1. The van der Waals surface area contributed by atoms with Gasteiger partial charge in [-0.25, -0.2) is 0 Å². The van der Waals surface area contributed by atoms with Crippen molar-refractivity contribution < 1.29 is 18.0 Å². The molecule has 0 aromatic heterocycles. The molecule has 3 saturated heterocycles. The van der Waals surface area contributed by atoms with Crippen LogP contribution >= 0.6 is 11.6 Å². The number of nitrogens with zero attached hydrogens (tertiary/aromatic N) is 2. The molecule has 1 amide bonds. The fourth-order valence-electron chi connectivity index (χ4n) is 6.47. The summed E-state index contributed by atoms with van der Waals surface area (Å²) >= 11 is 5.91. The number of hydrogen-bond donors (Lipinski definition) is 2. The molecular weight excluding hydrogens is 453 g/mol. The molecule has 33 heavy (non-hydrogen) atoms. The van der Waals surface area contributed by atoms with Gasteiger partial charge in [-0.05, 0) is 68.7 Å². The Balaban J connectivity index is 1.13. The Morgan fingerprint density at radius 2 is 1.88 bits per heavy atom. The monoisotopic (exact) mass is 484 g/mol. The van der Waals surface area contributed by atoms with Crippen molar-refractivity contribution >= 4 is 23.2 Å². The van der Waals surface area contributed by atoms with Gasteiger partial charge in [0.1, 0.15) is 0 Å². The summed E-state index contributed by atoms with van der Waals surface area (Å²) in [5.74, 6) is 1.49. The highest BCUT2D eigenvalue weighted by Crippen LogP contribution is 2.40. The van der Waals surface area contributed by atoms with Crippen LogP contribution < -0.4 is 15.5 Å². The van der Waals surface area contributed by atoms with Crippen LogP contribution in [0.2, 0.25) is 5.02 Å². The van der Waals surface area contributed by atoms with Crippen LogP contribution in [0.4, 0.5) is 18.9 Å². The third-order valence-corrected chi connectivity index (χ3v) is 8.47. The Labute approximate surface area is 198 Å². The van der Waals surface area contributed by atoms with Crippen molar-refractivity contribution in [3.8, 4) is 0 Å². The predicted octanol–water partition coefficient (Wildman–Crippen LogP) is 3.76. The molecule has 3 aliphatic heterocycles. The maximum atomic E-state index is 13.0. The first-order valence-corrected chi connectivity index (χ1v) is 12.5. The number of carbonyl (C=O) groups is 1. The van der Waals surface area contributed by atoms with Gasteiger partial charge in [-0.3, -0.25) is 9.69 Å². The maximum Gasteiger partial charge on any atom is 0.417 e. The van der Waals surface area contributed by atoms with Crippen LogP contribution in [0.3, 0.4) is 0 Å². The van der Waals surface area contributed by atoms with Crippen molar-refractivity contribution in [2.75, 3.05) is 44.2 Å². The zero-order valence-corrected chi connectivity index (χ0v) is 19.5. The van der Waals surface area contributed by atoms with E-state index in [0.717, 1.165) is 76.7 Å². The lowest BCUT2D eigenvalue weighted by Crippen LogP contribution is -2.64. The Morgan fingerprint density at radius 3 is 2.61 bits per heavy atom. The van der Waals surface area contributed by atoms with Crippen LogP contribution in [0.15, 0.2) is 18.2 Å². The van der Waals surface area contributed by atoms with Crippen LogP contribution in [0.5, 0.6) is 0 Å². The molecule has 4 aliphatic rings. The molecule has 5 nitrogen and oxygen atoms in total. The van der Waals surface area contributed by atoms with Crippen LogP contribution in [0, 0.1) is 17.8 Å². The standard InChI is InChI=1S/C24H32ClF3N4O/c25-20-13-16(4-6-19(20)24(26,27)28)32-10-8-31(9-11-32)14-15-3-5-17-21(12-15)30-23(33)18-2-1-7-29-22(17)18/h4,6,13,15,17-18,21-22,29H,1-3,5,7-12,14H2,(H,30,33). The first-order chi connectivity index (χ1) is 15.8. The fourth-order valence-corrected chi connectivity index (χ4v) is 6.76. The minimum Gasteiger partial charge on any atom is -0.369 e. The Hall–Kier alpha value is -1.51. The van der Waals surface area contributed by atoms with Gasteiger partial charge in [0.15, 0.2) is 0 Å². The van der Waals surface area contributed by atoms with E-state index in [1.807, 2.05) is 0 Å². The van der Waals surface area contributed by atoms with Crippen molar-refractivity contribution in [2.45, 2.75) is 50.4 Å². The molecule has 1 saturated carbocycles. The summed E-state index contributed by atoms with van der Waals surface area (Å²) < 4.78 is 38.9. The van der Waals surface area contributed by atoms with Gasteiger partial charge in [0.05, 0.1) is 16.5 Å². The number of halogens is 4. The molecular formula is C24H32ClF3N4O. The normalized spacial score (nSPS) is 33.3. The second-order valence-electron chi connectivity index (χ2n) is 10.1. The second-order valence-corrected chi connectivity index (χ2v) is 10.5. The molecule has 5 rings (SSSR count). The highest BCUT2D eigenvalue weighted by atomic mass is 35.5. The third kappa shape index (κ3) is 4.84. The summed E-state index contributed by atoms with van der Waals surface area (Å²) in [7, 11) is 0. The number of hydrogen-bond acceptors (Lipinski definition) is 4. The molecule has 3 heterocycles. The summed E-state index contributed by atoms with van der Waals surface area (Å²) in [4.78, 5) is 17.2. The second kappa shape index (κ2) is 9.27. The molecule has 1 aliphatic carbocycles. The largest absolute Gasteiger partial charge is 0.417 e. The first-order valence-electron chi connectivity index (χ1n) is 12.2. The van der Waals surface area contributed by atoms with Crippen molar-refractivity contribution in [2.24, 2.45) is 17.8 Å². The molecule has 4 fully saturated rings. The molecule has 9 heteroatoms. The van der Waals surface area contributed by atoms with Crippen LogP contribution in [-0.2, 0) is 11.0 Å². The van der Waals surface area contributed by atoms with Crippen LogP contribution in [0.1, 0.15) is 37.7 Å². The van der Waals surface area contributed by atoms with Crippen LogP contribution in [-0.4, -0.2) is 62.2 Å². The Kier molecular flexibility index (Phi) is 6.53. The number of nitrogens with one attached hydrogen (secondary N) is 2. The van der Waals surface area contributed by atoms with Crippen molar-refractivity contribution in [3.05, 3.63) is 28.8 Å². The lowest BCUT2D eigenvalue weighted by molar-refractivity contribution is -0.137. The van der Waals surface area contributed by atoms with Gasteiger partial charge in [0, 0.05) is 50.5 Å². The summed E-state index contributed by atoms with van der Waals surface area (Å²) in [6.45, 7) is 5.33. The number of carbonyl (C=O) groups excluding carboxylic acids is 1. The van der Waals surface area contributed by atoms with E-state index in [0.29, 0.717) is 17.9 Å². The minimum atomic E-state index is -4.43. The first kappa shape index (κ1) is 23.2. The minimum absolute atomic E-state index is 0.142. The van der Waals surface area contributed by atoms with Gasteiger partial charge in [-0.2, -0.15) is 13.2 Å². The smallest absolute Gasteiger partial charge is 0.369 e. The number of alkyl halides is 3. The SMILES string of the molecule is O=C1NC2CC(CN3CCN(c4ccc(C(F)(F)F)c(Cl)c4)CC3)CCC2C2NCCCC12. The molecule has 0 spiro atoms. The third-order valence-electron chi connectivity index (χ3n) is 8.16. The van der Waals surface area contributed by atoms with E-state index >= 15 is 0 Å². The van der Waals surface area contributed by atoms with E-state index in [1.54, 1.807) is 0 Å². The van der Waals surface area contributed by atoms with Crippen LogP contribution in [0.25, 0.3) is 0 Å². The molecule has 5 atom stereocenters.